The summed E-state index contributed by atoms with van der Waals surface area (Å²) in [5.74, 6) is -3.93. The predicted octanol–water partition coefficient (Wildman–Crippen LogP) is 5.36. The number of carbonyl (C=O) groups is 2. The second kappa shape index (κ2) is 8.55. The lowest BCUT2D eigenvalue weighted by Gasteiger charge is -2.25. The number of aliphatic hydroxyl groups excluding tert-OH is 1. The molecule has 3 aromatic rings. The van der Waals surface area contributed by atoms with Gasteiger partial charge in [0.15, 0.2) is 11.6 Å². The summed E-state index contributed by atoms with van der Waals surface area (Å²) in [5, 5.41) is 12.9. The Morgan fingerprint density at radius 1 is 1.12 bits per heavy atom. The van der Waals surface area contributed by atoms with Gasteiger partial charge in [-0.1, -0.05) is 12.1 Å². The maximum atomic E-state index is 14.0. The lowest BCUT2D eigenvalue weighted by molar-refractivity contribution is -0.132. The molecular formula is C24H19F2NO4S. The van der Waals surface area contributed by atoms with Crippen molar-refractivity contribution in [2.75, 3.05) is 11.5 Å². The molecule has 1 atom stereocenters. The van der Waals surface area contributed by atoms with Crippen molar-refractivity contribution < 1.29 is 28.2 Å². The predicted molar refractivity (Wildman–Crippen MR) is 118 cm³/mol. The molecule has 0 bridgehead atoms. The van der Waals surface area contributed by atoms with Gasteiger partial charge >= 0.3 is 0 Å². The molecule has 1 saturated heterocycles. The van der Waals surface area contributed by atoms with E-state index < -0.39 is 29.4 Å². The van der Waals surface area contributed by atoms with Crippen LogP contribution in [0.2, 0.25) is 0 Å². The van der Waals surface area contributed by atoms with Crippen LogP contribution in [0.25, 0.3) is 5.76 Å². The monoisotopic (exact) mass is 455 g/mol. The summed E-state index contributed by atoms with van der Waals surface area (Å²) in [6, 6.07) is 10.4. The Bertz CT molecular complexity index is 1250. The number of ether oxygens (including phenoxy) is 1. The van der Waals surface area contributed by atoms with E-state index in [-0.39, 0.29) is 17.0 Å². The number of amides is 1. The van der Waals surface area contributed by atoms with Gasteiger partial charge in [0.1, 0.15) is 17.6 Å². The molecule has 1 aliphatic heterocycles. The van der Waals surface area contributed by atoms with E-state index in [9.17, 15) is 23.5 Å². The Morgan fingerprint density at radius 3 is 2.56 bits per heavy atom. The molecule has 164 valence electrons. The van der Waals surface area contributed by atoms with E-state index in [1.165, 1.54) is 17.4 Å². The minimum Gasteiger partial charge on any atom is -0.507 e. The van der Waals surface area contributed by atoms with Crippen molar-refractivity contribution in [3.05, 3.63) is 87.1 Å². The lowest BCUT2D eigenvalue weighted by atomic mass is 9.98. The highest BCUT2D eigenvalue weighted by Gasteiger charge is 2.48. The summed E-state index contributed by atoms with van der Waals surface area (Å²) in [7, 11) is 0. The highest BCUT2D eigenvalue weighted by Crippen LogP contribution is 2.45. The van der Waals surface area contributed by atoms with Gasteiger partial charge in [-0.15, -0.1) is 11.3 Å². The number of aliphatic hydroxyl groups is 1. The zero-order valence-electron chi connectivity index (χ0n) is 17.3. The van der Waals surface area contributed by atoms with E-state index in [0.29, 0.717) is 22.8 Å². The highest BCUT2D eigenvalue weighted by atomic mass is 32.1. The van der Waals surface area contributed by atoms with E-state index in [1.54, 1.807) is 29.6 Å². The molecule has 1 fully saturated rings. The molecule has 8 heteroatoms. The Balaban J connectivity index is 1.93. The zero-order chi connectivity index (χ0) is 23.0. The number of ketones is 1. The first-order valence-electron chi connectivity index (χ1n) is 9.86. The van der Waals surface area contributed by atoms with Crippen molar-refractivity contribution in [3.63, 3.8) is 0 Å². The zero-order valence-corrected chi connectivity index (χ0v) is 18.1. The summed E-state index contributed by atoms with van der Waals surface area (Å²) in [5.41, 5.74) is 0.992. The first-order chi connectivity index (χ1) is 15.3. The third kappa shape index (κ3) is 3.67. The minimum absolute atomic E-state index is 0.0194. The smallest absolute Gasteiger partial charge is 0.300 e. The van der Waals surface area contributed by atoms with Gasteiger partial charge in [-0.25, -0.2) is 8.78 Å². The Hall–Kier alpha value is -3.52. The number of halogens is 2. The van der Waals surface area contributed by atoms with Crippen LogP contribution in [0.15, 0.2) is 59.5 Å². The maximum absolute atomic E-state index is 14.0. The van der Waals surface area contributed by atoms with Crippen molar-refractivity contribution >= 4 is 34.5 Å². The molecule has 1 unspecified atom stereocenters. The van der Waals surface area contributed by atoms with Gasteiger partial charge in [-0.3, -0.25) is 14.5 Å². The van der Waals surface area contributed by atoms with Crippen molar-refractivity contribution in [1.82, 2.24) is 0 Å². The van der Waals surface area contributed by atoms with Crippen molar-refractivity contribution in [2.24, 2.45) is 0 Å². The number of anilines is 1. The van der Waals surface area contributed by atoms with Crippen LogP contribution in [-0.4, -0.2) is 23.4 Å². The molecule has 2 aromatic carbocycles. The van der Waals surface area contributed by atoms with E-state index in [0.717, 1.165) is 22.6 Å². The summed E-state index contributed by atoms with van der Waals surface area (Å²) < 4.78 is 33.0. The molecule has 1 amide bonds. The van der Waals surface area contributed by atoms with Crippen LogP contribution in [0.3, 0.4) is 0 Å². The second-order valence-corrected chi connectivity index (χ2v) is 8.14. The quantitative estimate of drug-likeness (QED) is 0.320. The van der Waals surface area contributed by atoms with Gasteiger partial charge in [-0.05, 0) is 55.1 Å². The molecule has 5 nitrogen and oxygen atoms in total. The number of aryl methyl sites for hydroxylation is 1. The summed E-state index contributed by atoms with van der Waals surface area (Å²) in [4.78, 5) is 27.8. The average molecular weight is 455 g/mol. The third-order valence-electron chi connectivity index (χ3n) is 5.19. The van der Waals surface area contributed by atoms with E-state index in [2.05, 4.69) is 0 Å². The third-order valence-corrected chi connectivity index (χ3v) is 6.27. The SMILES string of the molecule is CCOc1cccc(/C(O)=C2/C(=O)C(=O)N(c3ccc(F)c(F)c3)C2c2sccc2C)c1. The summed E-state index contributed by atoms with van der Waals surface area (Å²) >= 11 is 1.30. The van der Waals surface area contributed by atoms with E-state index in [4.69, 9.17) is 4.74 Å². The first-order valence-corrected chi connectivity index (χ1v) is 10.7. The molecule has 4 rings (SSSR count). The largest absolute Gasteiger partial charge is 0.507 e. The minimum atomic E-state index is -1.14. The number of benzene rings is 2. The summed E-state index contributed by atoms with van der Waals surface area (Å²) in [6.45, 7) is 4.05. The molecule has 0 aliphatic carbocycles. The van der Waals surface area contributed by atoms with Gasteiger partial charge in [0.2, 0.25) is 0 Å². The van der Waals surface area contributed by atoms with Gasteiger partial charge < -0.3 is 9.84 Å². The fraction of sp³-hybridized carbons (Fsp3) is 0.167. The molecular weight excluding hydrogens is 436 g/mol. The molecule has 0 radical (unpaired) electrons. The topological polar surface area (TPSA) is 66.8 Å². The molecule has 1 aliphatic rings. The fourth-order valence-electron chi connectivity index (χ4n) is 3.70. The molecule has 32 heavy (non-hydrogen) atoms. The Labute approximate surface area is 187 Å². The number of rotatable bonds is 5. The van der Waals surface area contributed by atoms with E-state index in [1.807, 2.05) is 19.9 Å². The van der Waals surface area contributed by atoms with Crippen LogP contribution >= 0.6 is 11.3 Å². The molecule has 1 aromatic heterocycles. The molecule has 2 heterocycles. The Kier molecular flexibility index (Phi) is 5.80. The van der Waals surface area contributed by atoms with Crippen LogP contribution in [0, 0.1) is 18.6 Å². The van der Waals surface area contributed by atoms with Crippen molar-refractivity contribution in [1.29, 1.82) is 0 Å². The molecule has 0 saturated carbocycles. The van der Waals surface area contributed by atoms with Gasteiger partial charge in [-0.2, -0.15) is 0 Å². The van der Waals surface area contributed by atoms with Crippen molar-refractivity contribution in [2.45, 2.75) is 19.9 Å². The average Bonchev–Trinajstić information content (AvgIpc) is 3.31. The number of thiophene rings is 1. The van der Waals surface area contributed by atoms with Gasteiger partial charge in [0.25, 0.3) is 11.7 Å². The van der Waals surface area contributed by atoms with E-state index >= 15 is 0 Å². The number of nitrogens with zero attached hydrogens (tertiary/aromatic N) is 1. The van der Waals surface area contributed by atoms with Crippen molar-refractivity contribution in [3.8, 4) is 5.75 Å². The number of hydrogen-bond donors (Lipinski definition) is 1. The van der Waals surface area contributed by atoms with Gasteiger partial charge in [0, 0.05) is 22.2 Å². The number of carbonyl (C=O) groups excluding carboxylic acids is 2. The molecule has 1 N–H and O–H groups in total. The van der Waals surface area contributed by atoms with Crippen LogP contribution in [0.4, 0.5) is 14.5 Å². The second-order valence-electron chi connectivity index (χ2n) is 7.20. The highest BCUT2D eigenvalue weighted by molar-refractivity contribution is 7.10. The number of hydrogen-bond acceptors (Lipinski definition) is 5. The number of Topliss-reactive ketones (excluding diaryl/α,β-unsaturated/α-hetero) is 1. The van der Waals surface area contributed by atoms with Crippen LogP contribution in [0.5, 0.6) is 5.75 Å². The fourth-order valence-corrected chi connectivity index (χ4v) is 4.73. The van der Waals surface area contributed by atoms with Gasteiger partial charge in [0.05, 0.1) is 12.2 Å². The standard InChI is InChI=1S/C24H19F2NO4S/c1-3-31-16-6-4-5-14(11-16)21(28)19-20(23-13(2)9-10-32-23)27(24(30)22(19)29)15-7-8-17(25)18(26)12-15/h4-12,20,28H,3H2,1-2H3/b21-19-. The normalized spacial score (nSPS) is 17.8. The lowest BCUT2D eigenvalue weighted by Crippen LogP contribution is -2.29. The first kappa shape index (κ1) is 21.7. The Morgan fingerprint density at radius 2 is 1.91 bits per heavy atom. The van der Waals surface area contributed by atoms with Crippen LogP contribution in [0.1, 0.15) is 29.0 Å². The van der Waals surface area contributed by atoms with Crippen LogP contribution < -0.4 is 9.64 Å². The molecule has 0 spiro atoms. The van der Waals surface area contributed by atoms with Crippen LogP contribution in [-0.2, 0) is 9.59 Å². The summed E-state index contributed by atoms with van der Waals surface area (Å²) in [6.07, 6.45) is 0. The maximum Gasteiger partial charge on any atom is 0.300 e.